The van der Waals surface area contributed by atoms with E-state index in [9.17, 15) is 0 Å². The Kier molecular flexibility index (Phi) is 2.55. The van der Waals surface area contributed by atoms with E-state index in [0.29, 0.717) is 0 Å². The van der Waals surface area contributed by atoms with Crippen molar-refractivity contribution in [3.63, 3.8) is 0 Å². The normalized spacial score (nSPS) is 19.9. The molecule has 1 fully saturated rings. The van der Waals surface area contributed by atoms with Gasteiger partial charge in [-0.3, -0.25) is 4.90 Å². The van der Waals surface area contributed by atoms with Crippen molar-refractivity contribution >= 4 is 11.6 Å². The Bertz CT molecular complexity index is 107. The zero-order chi connectivity index (χ0) is 6.69. The maximum Gasteiger partial charge on any atom is 0.0174 e. The van der Waals surface area contributed by atoms with Crippen molar-refractivity contribution in [2.75, 3.05) is 13.6 Å². The third-order valence-corrected chi connectivity index (χ3v) is 1.83. The van der Waals surface area contributed by atoms with Crippen LogP contribution in [0.15, 0.2) is 11.6 Å². The highest BCUT2D eigenvalue weighted by molar-refractivity contribution is 6.25. The van der Waals surface area contributed by atoms with Crippen molar-refractivity contribution in [2.45, 2.75) is 18.9 Å². The molecule has 0 heterocycles. The lowest BCUT2D eigenvalue weighted by Crippen LogP contribution is -2.20. The highest BCUT2D eigenvalue weighted by Crippen LogP contribution is 2.24. The zero-order valence-corrected chi connectivity index (χ0v) is 6.43. The van der Waals surface area contributed by atoms with Crippen molar-refractivity contribution in [1.29, 1.82) is 0 Å². The minimum atomic E-state index is 0.845. The van der Waals surface area contributed by atoms with Crippen LogP contribution in [-0.2, 0) is 0 Å². The van der Waals surface area contributed by atoms with Crippen LogP contribution in [0.4, 0.5) is 0 Å². The van der Waals surface area contributed by atoms with E-state index in [1.54, 1.807) is 5.54 Å². The summed E-state index contributed by atoms with van der Waals surface area (Å²) in [7, 11) is 2.13. The molecule has 0 bridgehead atoms. The van der Waals surface area contributed by atoms with Gasteiger partial charge in [-0.2, -0.15) is 0 Å². The van der Waals surface area contributed by atoms with Crippen molar-refractivity contribution in [3.8, 4) is 0 Å². The molecule has 0 saturated heterocycles. The standard InChI is InChI=1S/C7H12ClN/c1-9(6-2-5-8)7-3-4-7/h2,5,7H,3-4,6H2,1H3/b5-2+. The topological polar surface area (TPSA) is 3.24 Å². The highest BCUT2D eigenvalue weighted by Gasteiger charge is 2.24. The van der Waals surface area contributed by atoms with Crippen LogP contribution in [0, 0.1) is 0 Å². The molecule has 0 aromatic heterocycles. The van der Waals surface area contributed by atoms with Crippen LogP contribution in [0.2, 0.25) is 0 Å². The van der Waals surface area contributed by atoms with E-state index in [-0.39, 0.29) is 0 Å². The predicted octanol–water partition coefficient (Wildman–Crippen LogP) is 1.83. The maximum atomic E-state index is 5.36. The van der Waals surface area contributed by atoms with Gasteiger partial charge in [-0.05, 0) is 19.9 Å². The second-order valence-electron chi connectivity index (χ2n) is 2.53. The molecule has 0 aromatic rings. The monoisotopic (exact) mass is 145 g/mol. The molecule has 0 atom stereocenters. The summed E-state index contributed by atoms with van der Waals surface area (Å²) in [6.07, 6.45) is 4.71. The third-order valence-electron chi connectivity index (χ3n) is 1.65. The molecule has 9 heavy (non-hydrogen) atoms. The number of likely N-dealkylation sites (N-methyl/N-ethyl adjacent to an activating group) is 1. The third kappa shape index (κ3) is 2.37. The summed E-state index contributed by atoms with van der Waals surface area (Å²) in [6, 6.07) is 0.845. The number of nitrogens with zero attached hydrogens (tertiary/aromatic N) is 1. The Morgan fingerprint density at radius 2 is 2.33 bits per heavy atom. The molecule has 1 aliphatic rings. The van der Waals surface area contributed by atoms with E-state index in [4.69, 9.17) is 11.6 Å². The lowest BCUT2D eigenvalue weighted by Gasteiger charge is -2.11. The lowest BCUT2D eigenvalue weighted by atomic mass is 10.5. The van der Waals surface area contributed by atoms with E-state index in [0.717, 1.165) is 12.6 Å². The number of rotatable bonds is 3. The SMILES string of the molecule is CN(C/C=C/Cl)C1CC1. The van der Waals surface area contributed by atoms with Gasteiger partial charge in [-0.15, -0.1) is 0 Å². The van der Waals surface area contributed by atoms with E-state index >= 15 is 0 Å². The molecule has 1 nitrogen and oxygen atoms in total. The Balaban J connectivity index is 2.10. The quantitative estimate of drug-likeness (QED) is 0.586. The second-order valence-corrected chi connectivity index (χ2v) is 2.78. The van der Waals surface area contributed by atoms with Gasteiger partial charge in [0.1, 0.15) is 0 Å². The molecule has 0 amide bonds. The van der Waals surface area contributed by atoms with E-state index in [1.807, 2.05) is 6.08 Å². The Morgan fingerprint density at radius 3 is 2.78 bits per heavy atom. The predicted molar refractivity (Wildman–Crippen MR) is 40.6 cm³/mol. The summed E-state index contributed by atoms with van der Waals surface area (Å²) in [4.78, 5) is 2.32. The van der Waals surface area contributed by atoms with Crippen molar-refractivity contribution in [2.24, 2.45) is 0 Å². The summed E-state index contributed by atoms with van der Waals surface area (Å²) < 4.78 is 0. The molecule has 1 rings (SSSR count). The first-order chi connectivity index (χ1) is 4.34. The fourth-order valence-corrected chi connectivity index (χ4v) is 0.950. The van der Waals surface area contributed by atoms with Gasteiger partial charge in [0.25, 0.3) is 0 Å². The van der Waals surface area contributed by atoms with Crippen molar-refractivity contribution in [1.82, 2.24) is 4.90 Å². The molecule has 0 aromatic carbocycles. The first-order valence-corrected chi connectivity index (χ1v) is 3.73. The zero-order valence-electron chi connectivity index (χ0n) is 5.68. The van der Waals surface area contributed by atoms with Gasteiger partial charge in [0.15, 0.2) is 0 Å². The van der Waals surface area contributed by atoms with Gasteiger partial charge in [-0.1, -0.05) is 17.7 Å². The molecule has 0 spiro atoms. The fourth-order valence-electron chi connectivity index (χ4n) is 0.870. The molecular weight excluding hydrogens is 134 g/mol. The van der Waals surface area contributed by atoms with Crippen LogP contribution in [0.25, 0.3) is 0 Å². The maximum absolute atomic E-state index is 5.36. The summed E-state index contributed by atoms with van der Waals surface area (Å²) >= 11 is 5.36. The molecule has 1 saturated carbocycles. The Hall–Kier alpha value is -0.0100. The first-order valence-electron chi connectivity index (χ1n) is 3.30. The first kappa shape index (κ1) is 7.10. The van der Waals surface area contributed by atoms with Crippen LogP contribution in [-0.4, -0.2) is 24.5 Å². The van der Waals surface area contributed by atoms with Gasteiger partial charge in [0, 0.05) is 18.1 Å². The summed E-state index contributed by atoms with van der Waals surface area (Å²) in [5.74, 6) is 0. The summed E-state index contributed by atoms with van der Waals surface area (Å²) in [6.45, 7) is 0.994. The molecular formula is C7H12ClN. The van der Waals surface area contributed by atoms with Crippen molar-refractivity contribution < 1.29 is 0 Å². The van der Waals surface area contributed by atoms with Gasteiger partial charge >= 0.3 is 0 Å². The second kappa shape index (κ2) is 3.23. The Labute approximate surface area is 61.3 Å². The van der Waals surface area contributed by atoms with Crippen LogP contribution in [0.1, 0.15) is 12.8 Å². The minimum absolute atomic E-state index is 0.845. The van der Waals surface area contributed by atoms with Gasteiger partial charge < -0.3 is 0 Å². The van der Waals surface area contributed by atoms with Crippen LogP contribution < -0.4 is 0 Å². The molecule has 0 aliphatic heterocycles. The molecule has 0 unspecified atom stereocenters. The van der Waals surface area contributed by atoms with Gasteiger partial charge in [0.05, 0.1) is 0 Å². The fraction of sp³-hybridized carbons (Fsp3) is 0.714. The van der Waals surface area contributed by atoms with Gasteiger partial charge in [-0.25, -0.2) is 0 Å². The number of halogens is 1. The van der Waals surface area contributed by atoms with Crippen molar-refractivity contribution in [3.05, 3.63) is 11.6 Å². The number of hydrogen-bond donors (Lipinski definition) is 0. The van der Waals surface area contributed by atoms with E-state index in [2.05, 4.69) is 11.9 Å². The number of hydrogen-bond acceptors (Lipinski definition) is 1. The smallest absolute Gasteiger partial charge is 0.0174 e. The largest absolute Gasteiger partial charge is 0.300 e. The summed E-state index contributed by atoms with van der Waals surface area (Å²) in [5.41, 5.74) is 1.58. The Morgan fingerprint density at radius 1 is 1.67 bits per heavy atom. The van der Waals surface area contributed by atoms with E-state index in [1.165, 1.54) is 12.8 Å². The lowest BCUT2D eigenvalue weighted by molar-refractivity contribution is 0.360. The average Bonchev–Trinajstić information content (AvgIpc) is 2.63. The molecule has 0 radical (unpaired) electrons. The molecule has 2 heteroatoms. The minimum Gasteiger partial charge on any atom is -0.300 e. The van der Waals surface area contributed by atoms with E-state index < -0.39 is 0 Å². The molecule has 52 valence electrons. The highest BCUT2D eigenvalue weighted by atomic mass is 35.5. The molecule has 1 aliphatic carbocycles. The molecule has 0 N–H and O–H groups in total. The van der Waals surface area contributed by atoms with Gasteiger partial charge in [0.2, 0.25) is 0 Å². The summed E-state index contributed by atoms with van der Waals surface area (Å²) in [5, 5.41) is 0. The van der Waals surface area contributed by atoms with Crippen LogP contribution in [0.5, 0.6) is 0 Å². The van der Waals surface area contributed by atoms with Crippen LogP contribution in [0.3, 0.4) is 0 Å². The average molecular weight is 146 g/mol. The van der Waals surface area contributed by atoms with Crippen LogP contribution >= 0.6 is 11.6 Å².